The van der Waals surface area contributed by atoms with Crippen LogP contribution in [0.1, 0.15) is 22.7 Å². The number of hydrogen-bond donors (Lipinski definition) is 1. The van der Waals surface area contributed by atoms with Gasteiger partial charge in [0.15, 0.2) is 0 Å². The molecule has 5 heteroatoms. The fourth-order valence-corrected chi connectivity index (χ4v) is 3.12. The first kappa shape index (κ1) is 20.4. The summed E-state index contributed by atoms with van der Waals surface area (Å²) in [5, 5.41) is 3.11. The predicted octanol–water partition coefficient (Wildman–Crippen LogP) is 4.49. The number of methoxy groups -OCH3 is 2. The van der Waals surface area contributed by atoms with Gasteiger partial charge in [0, 0.05) is 0 Å². The lowest BCUT2D eigenvalue weighted by Crippen LogP contribution is -2.31. The van der Waals surface area contributed by atoms with E-state index in [1.807, 2.05) is 48.5 Å². The Kier molecular flexibility index (Phi) is 6.85. The number of benzene rings is 3. The third-order valence-electron chi connectivity index (χ3n) is 4.73. The number of carbonyl (C=O) groups excluding carboxylic acids is 1. The van der Waals surface area contributed by atoms with Gasteiger partial charge >= 0.3 is 0 Å². The van der Waals surface area contributed by atoms with E-state index in [2.05, 4.69) is 5.32 Å². The molecule has 0 fully saturated rings. The number of halogens is 1. The standard InChI is InChI=1S/C24H24FNO3/c1-28-21-11-5-17(6-12-21)15-23(19-7-13-22(29-2)14-8-19)26-24(27)16-18-3-9-20(25)10-4-18/h3-14,23H,15-16H2,1-2H3,(H,26,27). The van der Waals surface area contributed by atoms with Gasteiger partial charge < -0.3 is 14.8 Å². The van der Waals surface area contributed by atoms with Crippen molar-refractivity contribution in [3.63, 3.8) is 0 Å². The van der Waals surface area contributed by atoms with Gasteiger partial charge in [-0.3, -0.25) is 4.79 Å². The maximum atomic E-state index is 13.1. The average Bonchev–Trinajstić information content (AvgIpc) is 2.75. The van der Waals surface area contributed by atoms with Crippen LogP contribution in [0.25, 0.3) is 0 Å². The van der Waals surface area contributed by atoms with E-state index in [9.17, 15) is 9.18 Å². The Morgan fingerprint density at radius 3 is 1.90 bits per heavy atom. The highest BCUT2D eigenvalue weighted by Gasteiger charge is 2.16. The van der Waals surface area contributed by atoms with Crippen molar-refractivity contribution in [1.82, 2.24) is 5.32 Å². The first-order chi connectivity index (χ1) is 14.1. The summed E-state index contributed by atoms with van der Waals surface area (Å²) in [4.78, 5) is 12.6. The van der Waals surface area contributed by atoms with Crippen LogP contribution >= 0.6 is 0 Å². The normalized spacial score (nSPS) is 11.6. The molecule has 3 aromatic rings. The van der Waals surface area contributed by atoms with Gasteiger partial charge in [-0.1, -0.05) is 36.4 Å². The Morgan fingerprint density at radius 2 is 1.34 bits per heavy atom. The maximum absolute atomic E-state index is 13.1. The molecule has 3 rings (SSSR count). The lowest BCUT2D eigenvalue weighted by atomic mass is 9.98. The quantitative estimate of drug-likeness (QED) is 0.614. The molecule has 0 radical (unpaired) electrons. The van der Waals surface area contributed by atoms with E-state index in [4.69, 9.17) is 9.47 Å². The van der Waals surface area contributed by atoms with Crippen molar-refractivity contribution in [1.29, 1.82) is 0 Å². The zero-order valence-corrected chi connectivity index (χ0v) is 16.5. The van der Waals surface area contributed by atoms with E-state index in [1.54, 1.807) is 26.4 Å². The molecule has 0 aliphatic heterocycles. The number of hydrogen-bond acceptors (Lipinski definition) is 3. The van der Waals surface area contributed by atoms with E-state index in [0.717, 1.165) is 28.2 Å². The van der Waals surface area contributed by atoms with E-state index in [1.165, 1.54) is 12.1 Å². The minimum Gasteiger partial charge on any atom is -0.497 e. The van der Waals surface area contributed by atoms with Crippen molar-refractivity contribution in [2.24, 2.45) is 0 Å². The van der Waals surface area contributed by atoms with Crippen molar-refractivity contribution < 1.29 is 18.7 Å². The molecule has 1 N–H and O–H groups in total. The number of rotatable bonds is 8. The number of carbonyl (C=O) groups is 1. The van der Waals surface area contributed by atoms with Crippen molar-refractivity contribution in [3.05, 3.63) is 95.3 Å². The van der Waals surface area contributed by atoms with E-state index >= 15 is 0 Å². The fourth-order valence-electron chi connectivity index (χ4n) is 3.12. The van der Waals surface area contributed by atoms with Crippen molar-refractivity contribution in [2.45, 2.75) is 18.9 Å². The summed E-state index contributed by atoms with van der Waals surface area (Å²) in [6, 6.07) is 21.2. The van der Waals surface area contributed by atoms with Crippen LogP contribution in [0.15, 0.2) is 72.8 Å². The van der Waals surface area contributed by atoms with Gasteiger partial charge in [0.2, 0.25) is 5.91 Å². The summed E-state index contributed by atoms with van der Waals surface area (Å²) in [5.74, 6) is 1.11. The molecule has 1 atom stereocenters. The second-order valence-corrected chi connectivity index (χ2v) is 6.75. The molecule has 0 heterocycles. The fraction of sp³-hybridized carbons (Fsp3) is 0.208. The van der Waals surface area contributed by atoms with Gasteiger partial charge in [-0.05, 0) is 59.5 Å². The summed E-state index contributed by atoms with van der Waals surface area (Å²) < 4.78 is 23.5. The van der Waals surface area contributed by atoms with Crippen LogP contribution in [0.3, 0.4) is 0 Å². The Labute approximate surface area is 170 Å². The first-order valence-corrected chi connectivity index (χ1v) is 9.38. The molecule has 0 aliphatic rings. The Bertz CT molecular complexity index is 922. The van der Waals surface area contributed by atoms with Gasteiger partial charge in [-0.15, -0.1) is 0 Å². The predicted molar refractivity (Wildman–Crippen MR) is 111 cm³/mol. The minimum absolute atomic E-state index is 0.120. The lowest BCUT2D eigenvalue weighted by molar-refractivity contribution is -0.121. The minimum atomic E-state index is -0.315. The zero-order valence-electron chi connectivity index (χ0n) is 16.5. The monoisotopic (exact) mass is 393 g/mol. The SMILES string of the molecule is COc1ccc(CC(NC(=O)Cc2ccc(F)cc2)c2ccc(OC)cc2)cc1. The third-order valence-corrected chi connectivity index (χ3v) is 4.73. The van der Waals surface area contributed by atoms with Crippen LogP contribution in [0, 0.1) is 5.82 Å². The highest BCUT2D eigenvalue weighted by Crippen LogP contribution is 2.23. The average molecular weight is 393 g/mol. The van der Waals surface area contributed by atoms with Crippen LogP contribution in [0.4, 0.5) is 4.39 Å². The summed E-state index contributed by atoms with van der Waals surface area (Å²) >= 11 is 0. The number of ether oxygens (including phenoxy) is 2. The molecule has 29 heavy (non-hydrogen) atoms. The Morgan fingerprint density at radius 1 is 0.828 bits per heavy atom. The number of nitrogens with one attached hydrogen (secondary N) is 1. The Balaban J connectivity index is 1.76. The molecule has 0 bridgehead atoms. The molecule has 1 unspecified atom stereocenters. The largest absolute Gasteiger partial charge is 0.497 e. The van der Waals surface area contributed by atoms with Gasteiger partial charge in [0.25, 0.3) is 0 Å². The van der Waals surface area contributed by atoms with Crippen molar-refractivity contribution >= 4 is 5.91 Å². The van der Waals surface area contributed by atoms with Crippen molar-refractivity contribution in [2.75, 3.05) is 14.2 Å². The van der Waals surface area contributed by atoms with Gasteiger partial charge in [-0.25, -0.2) is 4.39 Å². The van der Waals surface area contributed by atoms with Crippen LogP contribution in [0.2, 0.25) is 0 Å². The van der Waals surface area contributed by atoms with Crippen LogP contribution < -0.4 is 14.8 Å². The molecule has 4 nitrogen and oxygen atoms in total. The van der Waals surface area contributed by atoms with Gasteiger partial charge in [0.05, 0.1) is 26.7 Å². The van der Waals surface area contributed by atoms with Crippen LogP contribution in [0.5, 0.6) is 11.5 Å². The third kappa shape index (κ3) is 5.82. The first-order valence-electron chi connectivity index (χ1n) is 9.38. The topological polar surface area (TPSA) is 47.6 Å². The molecule has 3 aromatic carbocycles. The second kappa shape index (κ2) is 9.73. The molecular weight excluding hydrogens is 369 g/mol. The molecule has 0 spiro atoms. The van der Waals surface area contributed by atoms with E-state index < -0.39 is 0 Å². The summed E-state index contributed by atoms with van der Waals surface area (Å²) in [6.07, 6.45) is 0.820. The molecule has 1 amide bonds. The molecule has 150 valence electrons. The van der Waals surface area contributed by atoms with E-state index in [0.29, 0.717) is 6.42 Å². The highest BCUT2D eigenvalue weighted by molar-refractivity contribution is 5.79. The summed E-state index contributed by atoms with van der Waals surface area (Å²) in [7, 11) is 3.25. The zero-order chi connectivity index (χ0) is 20.6. The molecule has 0 saturated heterocycles. The molecule has 0 saturated carbocycles. The summed E-state index contributed by atoms with van der Waals surface area (Å²) in [5.41, 5.74) is 2.82. The summed E-state index contributed by atoms with van der Waals surface area (Å²) in [6.45, 7) is 0. The maximum Gasteiger partial charge on any atom is 0.224 e. The molecular formula is C24H24FNO3. The van der Waals surface area contributed by atoms with Crippen LogP contribution in [-0.2, 0) is 17.6 Å². The lowest BCUT2D eigenvalue weighted by Gasteiger charge is -2.20. The van der Waals surface area contributed by atoms with Crippen molar-refractivity contribution in [3.8, 4) is 11.5 Å². The number of amides is 1. The Hall–Kier alpha value is -3.34. The van der Waals surface area contributed by atoms with E-state index in [-0.39, 0.29) is 24.2 Å². The van der Waals surface area contributed by atoms with Gasteiger partial charge in [0.1, 0.15) is 17.3 Å². The second-order valence-electron chi connectivity index (χ2n) is 6.75. The smallest absolute Gasteiger partial charge is 0.224 e. The molecule has 0 aromatic heterocycles. The van der Waals surface area contributed by atoms with Gasteiger partial charge in [-0.2, -0.15) is 0 Å². The van der Waals surface area contributed by atoms with Crippen LogP contribution in [-0.4, -0.2) is 20.1 Å². The molecule has 0 aliphatic carbocycles. The highest BCUT2D eigenvalue weighted by atomic mass is 19.1.